The molecule has 0 aliphatic rings. The maximum Gasteiger partial charge on any atom is 0.244 e. The molecule has 0 unspecified atom stereocenters. The molecule has 0 saturated carbocycles. The molecule has 0 aliphatic carbocycles. The molecular formula is C14H23NO4S. The van der Waals surface area contributed by atoms with E-state index in [2.05, 4.69) is 25.5 Å². The van der Waals surface area contributed by atoms with Gasteiger partial charge >= 0.3 is 0 Å². The number of methoxy groups -OCH3 is 1. The highest BCUT2D eigenvalue weighted by Gasteiger charge is 2.20. The van der Waals surface area contributed by atoms with Gasteiger partial charge in [0.05, 0.1) is 13.7 Å². The smallest absolute Gasteiger partial charge is 0.244 e. The van der Waals surface area contributed by atoms with Gasteiger partial charge in [0.1, 0.15) is 10.6 Å². The van der Waals surface area contributed by atoms with Gasteiger partial charge in [0.2, 0.25) is 10.0 Å². The minimum absolute atomic E-state index is 0.0628. The van der Waals surface area contributed by atoms with Crippen LogP contribution in [0.5, 0.6) is 5.75 Å². The highest BCUT2D eigenvalue weighted by molar-refractivity contribution is 7.89. The summed E-state index contributed by atoms with van der Waals surface area (Å²) < 4.78 is 32.2. The predicted molar refractivity (Wildman–Crippen MR) is 78.2 cm³/mol. The van der Waals surface area contributed by atoms with Gasteiger partial charge in [-0.05, 0) is 29.5 Å². The first-order chi connectivity index (χ1) is 9.19. The van der Waals surface area contributed by atoms with Crippen LogP contribution < -0.4 is 9.46 Å². The molecule has 0 amide bonds. The molecule has 0 saturated heterocycles. The number of benzene rings is 1. The Kier molecular flexibility index (Phi) is 5.56. The highest BCUT2D eigenvalue weighted by atomic mass is 32.2. The van der Waals surface area contributed by atoms with Gasteiger partial charge in [-0.3, -0.25) is 0 Å². The number of ether oxygens (including phenoxy) is 1. The Morgan fingerprint density at radius 3 is 2.45 bits per heavy atom. The zero-order valence-corrected chi connectivity index (χ0v) is 13.3. The average molecular weight is 301 g/mol. The zero-order valence-electron chi connectivity index (χ0n) is 12.4. The highest BCUT2D eigenvalue weighted by Crippen LogP contribution is 2.25. The van der Waals surface area contributed by atoms with Crippen LogP contribution in [0.2, 0.25) is 0 Å². The first-order valence-corrected chi connectivity index (χ1v) is 7.95. The summed E-state index contributed by atoms with van der Waals surface area (Å²) in [6.07, 6.45) is 0.739. The lowest BCUT2D eigenvalue weighted by atomic mass is 9.93. The van der Waals surface area contributed by atoms with E-state index >= 15 is 0 Å². The quantitative estimate of drug-likeness (QED) is 0.841. The Morgan fingerprint density at radius 1 is 1.30 bits per heavy atom. The number of rotatable bonds is 6. The number of sulfonamides is 1. The SMILES string of the molecule is COc1cc(CO)ccc1S(=O)(=O)NCCC(C)(C)C. The number of aliphatic hydroxyl groups excluding tert-OH is 1. The summed E-state index contributed by atoms with van der Waals surface area (Å²) in [7, 11) is -2.20. The molecule has 5 nitrogen and oxygen atoms in total. The number of hydrogen-bond acceptors (Lipinski definition) is 4. The van der Waals surface area contributed by atoms with Gasteiger partial charge in [0.25, 0.3) is 0 Å². The molecular weight excluding hydrogens is 278 g/mol. The van der Waals surface area contributed by atoms with Crippen LogP contribution in [0.25, 0.3) is 0 Å². The van der Waals surface area contributed by atoms with E-state index in [9.17, 15) is 8.42 Å². The normalized spacial score (nSPS) is 12.4. The summed E-state index contributed by atoms with van der Waals surface area (Å²) in [5.41, 5.74) is 0.670. The summed E-state index contributed by atoms with van der Waals surface area (Å²) in [5, 5.41) is 9.06. The van der Waals surface area contributed by atoms with Crippen molar-refractivity contribution in [2.24, 2.45) is 5.41 Å². The van der Waals surface area contributed by atoms with Crippen molar-refractivity contribution in [3.8, 4) is 5.75 Å². The third kappa shape index (κ3) is 4.77. The third-order valence-electron chi connectivity index (χ3n) is 2.87. The molecule has 0 spiro atoms. The van der Waals surface area contributed by atoms with Crippen molar-refractivity contribution in [2.75, 3.05) is 13.7 Å². The van der Waals surface area contributed by atoms with Crippen LogP contribution in [0.3, 0.4) is 0 Å². The minimum Gasteiger partial charge on any atom is -0.495 e. The lowest BCUT2D eigenvalue weighted by molar-refractivity contribution is 0.280. The first kappa shape index (κ1) is 16.9. The summed E-state index contributed by atoms with van der Waals surface area (Å²) in [4.78, 5) is 0.0890. The van der Waals surface area contributed by atoms with E-state index in [1.807, 2.05) is 0 Å². The monoisotopic (exact) mass is 301 g/mol. The Morgan fingerprint density at radius 2 is 1.95 bits per heavy atom. The van der Waals surface area contributed by atoms with Gasteiger partial charge < -0.3 is 9.84 Å². The fourth-order valence-electron chi connectivity index (χ4n) is 1.67. The summed E-state index contributed by atoms with van der Waals surface area (Å²) in [5.74, 6) is 0.236. The van der Waals surface area contributed by atoms with Crippen LogP contribution in [0.15, 0.2) is 23.1 Å². The van der Waals surface area contributed by atoms with Crippen molar-refractivity contribution in [3.05, 3.63) is 23.8 Å². The molecule has 1 aromatic rings. The molecule has 0 radical (unpaired) electrons. The van der Waals surface area contributed by atoms with Crippen molar-refractivity contribution in [3.63, 3.8) is 0 Å². The third-order valence-corrected chi connectivity index (χ3v) is 4.37. The summed E-state index contributed by atoms with van der Waals surface area (Å²) in [6, 6.07) is 4.54. The zero-order chi connectivity index (χ0) is 15.4. The van der Waals surface area contributed by atoms with Crippen LogP contribution in [0.1, 0.15) is 32.8 Å². The molecule has 0 aliphatic heterocycles. The van der Waals surface area contributed by atoms with Crippen molar-refractivity contribution >= 4 is 10.0 Å². The Bertz CT molecular complexity index is 547. The molecule has 20 heavy (non-hydrogen) atoms. The number of hydrogen-bond donors (Lipinski definition) is 2. The first-order valence-electron chi connectivity index (χ1n) is 6.47. The second-order valence-corrected chi connectivity index (χ2v) is 7.59. The largest absolute Gasteiger partial charge is 0.495 e. The maximum atomic E-state index is 12.2. The van der Waals surface area contributed by atoms with Gasteiger partial charge in [-0.15, -0.1) is 0 Å². The van der Waals surface area contributed by atoms with Crippen LogP contribution in [-0.2, 0) is 16.6 Å². The number of aliphatic hydroxyl groups is 1. The van der Waals surface area contributed by atoms with Crippen LogP contribution in [0.4, 0.5) is 0 Å². The molecule has 2 N–H and O–H groups in total. The topological polar surface area (TPSA) is 75.6 Å². The van der Waals surface area contributed by atoms with Crippen molar-refractivity contribution in [2.45, 2.75) is 38.7 Å². The van der Waals surface area contributed by atoms with Crippen LogP contribution in [-0.4, -0.2) is 27.2 Å². The van der Waals surface area contributed by atoms with E-state index in [-0.39, 0.29) is 22.7 Å². The van der Waals surface area contributed by atoms with E-state index in [1.54, 1.807) is 6.07 Å². The second kappa shape index (κ2) is 6.56. The molecule has 0 fully saturated rings. The Labute approximate surface area is 121 Å². The maximum absolute atomic E-state index is 12.2. The number of nitrogens with one attached hydrogen (secondary N) is 1. The van der Waals surface area contributed by atoms with Gasteiger partial charge in [-0.2, -0.15) is 0 Å². The molecule has 0 atom stereocenters. The Hall–Kier alpha value is -1.11. The van der Waals surface area contributed by atoms with Gasteiger partial charge in [0, 0.05) is 6.54 Å². The molecule has 6 heteroatoms. The van der Waals surface area contributed by atoms with Gasteiger partial charge in [-0.1, -0.05) is 26.8 Å². The second-order valence-electron chi connectivity index (χ2n) is 5.85. The van der Waals surface area contributed by atoms with E-state index in [4.69, 9.17) is 9.84 Å². The van der Waals surface area contributed by atoms with Crippen LogP contribution in [0, 0.1) is 5.41 Å². The molecule has 114 valence electrons. The molecule has 1 aromatic carbocycles. The average Bonchev–Trinajstić information content (AvgIpc) is 2.36. The van der Waals surface area contributed by atoms with Crippen molar-refractivity contribution < 1.29 is 18.3 Å². The summed E-state index contributed by atoms with van der Waals surface area (Å²) in [6.45, 7) is 6.37. The van der Waals surface area contributed by atoms with E-state index in [0.717, 1.165) is 6.42 Å². The fourth-order valence-corrected chi connectivity index (χ4v) is 2.85. The van der Waals surface area contributed by atoms with Crippen molar-refractivity contribution in [1.82, 2.24) is 4.72 Å². The predicted octanol–water partition coefficient (Wildman–Crippen LogP) is 1.90. The van der Waals surface area contributed by atoms with E-state index in [0.29, 0.717) is 12.1 Å². The van der Waals surface area contributed by atoms with Gasteiger partial charge in [0.15, 0.2) is 0 Å². The minimum atomic E-state index is -3.61. The summed E-state index contributed by atoms with van der Waals surface area (Å²) >= 11 is 0. The standard InChI is InChI=1S/C14H23NO4S/c1-14(2,3)7-8-15-20(17,18)13-6-5-11(10-16)9-12(13)19-4/h5-6,9,15-16H,7-8,10H2,1-4H3. The Balaban J connectivity index is 2.92. The lowest BCUT2D eigenvalue weighted by Gasteiger charge is -2.18. The van der Waals surface area contributed by atoms with Crippen molar-refractivity contribution in [1.29, 1.82) is 0 Å². The molecule has 1 rings (SSSR count). The van der Waals surface area contributed by atoms with E-state index in [1.165, 1.54) is 19.2 Å². The van der Waals surface area contributed by atoms with Gasteiger partial charge in [-0.25, -0.2) is 13.1 Å². The molecule has 0 aromatic heterocycles. The molecule has 0 bridgehead atoms. The lowest BCUT2D eigenvalue weighted by Crippen LogP contribution is -2.27. The van der Waals surface area contributed by atoms with E-state index < -0.39 is 10.0 Å². The molecule has 0 heterocycles. The fraction of sp³-hybridized carbons (Fsp3) is 0.571. The van der Waals surface area contributed by atoms with Crippen LogP contribution >= 0.6 is 0 Å².